The van der Waals surface area contributed by atoms with Gasteiger partial charge in [-0.15, -0.1) is 0 Å². The van der Waals surface area contributed by atoms with Crippen LogP contribution in [0.5, 0.6) is 0 Å². The zero-order chi connectivity index (χ0) is 17.4. The van der Waals surface area contributed by atoms with Crippen LogP contribution in [0.15, 0.2) is 42.9 Å². The van der Waals surface area contributed by atoms with Gasteiger partial charge in [-0.05, 0) is 29.8 Å². The molecule has 126 valence electrons. The Bertz CT molecular complexity index is 951. The highest BCUT2D eigenvalue weighted by Gasteiger charge is 2.31. The Kier molecular flexibility index (Phi) is 3.64. The number of imidazole rings is 1. The van der Waals surface area contributed by atoms with Crippen LogP contribution in [0.2, 0.25) is 0 Å². The molecule has 0 fully saturated rings. The van der Waals surface area contributed by atoms with E-state index in [9.17, 15) is 14.0 Å². The first-order valence-electron chi connectivity index (χ1n) is 7.76. The van der Waals surface area contributed by atoms with Crippen LogP contribution in [-0.2, 0) is 16.1 Å². The quantitative estimate of drug-likeness (QED) is 0.759. The summed E-state index contributed by atoms with van der Waals surface area (Å²) >= 11 is 0. The van der Waals surface area contributed by atoms with Crippen LogP contribution < -0.4 is 10.6 Å². The lowest BCUT2D eigenvalue weighted by molar-refractivity contribution is -0.126. The molecular formula is C17H14FN5O2. The third kappa shape index (κ3) is 2.93. The number of nitrogens with one attached hydrogen (secondary N) is 2. The number of amides is 2. The standard InChI is InChI=1S/C17H14FN5O2/c18-10-2-3-14-12(6-10)13(7-15(24)22-14)16(25)20-8-11-9-23-5-1-4-19-17(23)21-11/h1-6,9,13H,7-8H2,(H,20,25)(H,22,24). The highest BCUT2D eigenvalue weighted by atomic mass is 19.1. The van der Waals surface area contributed by atoms with Gasteiger partial charge in [0.1, 0.15) is 5.82 Å². The van der Waals surface area contributed by atoms with E-state index in [4.69, 9.17) is 0 Å². The van der Waals surface area contributed by atoms with Crippen LogP contribution >= 0.6 is 0 Å². The molecule has 3 heterocycles. The molecule has 2 amide bonds. The molecule has 0 spiro atoms. The van der Waals surface area contributed by atoms with Crippen molar-refractivity contribution >= 4 is 23.3 Å². The van der Waals surface area contributed by atoms with Crippen LogP contribution in [0.25, 0.3) is 5.78 Å². The Balaban J connectivity index is 1.53. The van der Waals surface area contributed by atoms with Crippen LogP contribution in [0.1, 0.15) is 23.6 Å². The first-order chi connectivity index (χ1) is 12.1. The minimum atomic E-state index is -0.727. The van der Waals surface area contributed by atoms with Crippen molar-refractivity contribution in [1.82, 2.24) is 19.7 Å². The summed E-state index contributed by atoms with van der Waals surface area (Å²) in [5.74, 6) is -1.24. The zero-order valence-corrected chi connectivity index (χ0v) is 13.1. The van der Waals surface area contributed by atoms with E-state index in [2.05, 4.69) is 20.6 Å². The number of hydrogen-bond acceptors (Lipinski definition) is 4. The number of carbonyl (C=O) groups excluding carboxylic acids is 2. The van der Waals surface area contributed by atoms with Crippen molar-refractivity contribution in [3.8, 4) is 0 Å². The molecule has 1 unspecified atom stereocenters. The molecule has 0 aliphatic carbocycles. The number of fused-ring (bicyclic) bond motifs is 2. The average molecular weight is 339 g/mol. The maximum atomic E-state index is 13.5. The third-order valence-corrected chi connectivity index (χ3v) is 4.10. The van der Waals surface area contributed by atoms with Crippen molar-refractivity contribution in [3.05, 3.63) is 59.9 Å². The molecule has 2 aromatic heterocycles. The van der Waals surface area contributed by atoms with E-state index in [1.165, 1.54) is 18.2 Å². The Morgan fingerprint density at radius 3 is 3.16 bits per heavy atom. The minimum absolute atomic E-state index is 0.0188. The van der Waals surface area contributed by atoms with Crippen LogP contribution in [0.4, 0.5) is 10.1 Å². The Labute approximate surface area is 141 Å². The molecule has 1 atom stereocenters. The van der Waals surface area contributed by atoms with Gasteiger partial charge in [-0.1, -0.05) is 0 Å². The van der Waals surface area contributed by atoms with E-state index in [0.29, 0.717) is 22.7 Å². The van der Waals surface area contributed by atoms with Crippen molar-refractivity contribution in [2.24, 2.45) is 0 Å². The molecule has 0 radical (unpaired) electrons. The molecule has 1 aliphatic heterocycles. The molecule has 0 saturated heterocycles. The van der Waals surface area contributed by atoms with E-state index in [0.717, 1.165) is 0 Å². The minimum Gasteiger partial charge on any atom is -0.350 e. The lowest BCUT2D eigenvalue weighted by Gasteiger charge is -2.24. The first-order valence-corrected chi connectivity index (χ1v) is 7.76. The van der Waals surface area contributed by atoms with E-state index >= 15 is 0 Å². The second kappa shape index (κ2) is 5.97. The summed E-state index contributed by atoms with van der Waals surface area (Å²) < 4.78 is 15.3. The summed E-state index contributed by atoms with van der Waals surface area (Å²) in [5, 5.41) is 5.42. The first kappa shape index (κ1) is 15.3. The van der Waals surface area contributed by atoms with Gasteiger partial charge in [-0.3, -0.25) is 14.0 Å². The molecule has 3 aromatic rings. The smallest absolute Gasteiger partial charge is 0.233 e. The fraction of sp³-hybridized carbons (Fsp3) is 0.176. The van der Waals surface area contributed by atoms with Gasteiger partial charge in [0.05, 0.1) is 18.2 Å². The second-order valence-corrected chi connectivity index (χ2v) is 5.81. The largest absolute Gasteiger partial charge is 0.350 e. The molecule has 1 aromatic carbocycles. The van der Waals surface area contributed by atoms with Crippen LogP contribution in [0, 0.1) is 5.82 Å². The molecule has 7 nitrogen and oxygen atoms in total. The van der Waals surface area contributed by atoms with Crippen LogP contribution in [-0.4, -0.2) is 26.2 Å². The van der Waals surface area contributed by atoms with Gasteiger partial charge in [0, 0.05) is 30.7 Å². The van der Waals surface area contributed by atoms with E-state index in [1.54, 1.807) is 22.9 Å². The maximum absolute atomic E-state index is 13.5. The van der Waals surface area contributed by atoms with Crippen molar-refractivity contribution in [1.29, 1.82) is 0 Å². The average Bonchev–Trinajstić information content (AvgIpc) is 3.02. The molecule has 1 aliphatic rings. The molecule has 0 saturated carbocycles. The van der Waals surface area contributed by atoms with Crippen molar-refractivity contribution < 1.29 is 14.0 Å². The Morgan fingerprint density at radius 2 is 2.32 bits per heavy atom. The summed E-state index contributed by atoms with van der Waals surface area (Å²) in [6, 6.07) is 5.79. The van der Waals surface area contributed by atoms with E-state index in [1.807, 2.05) is 6.20 Å². The number of hydrogen-bond donors (Lipinski definition) is 2. The third-order valence-electron chi connectivity index (χ3n) is 4.10. The lowest BCUT2D eigenvalue weighted by atomic mass is 9.89. The lowest BCUT2D eigenvalue weighted by Crippen LogP contribution is -2.34. The van der Waals surface area contributed by atoms with Gasteiger partial charge in [0.25, 0.3) is 0 Å². The number of anilines is 1. The molecule has 2 N–H and O–H groups in total. The summed E-state index contributed by atoms with van der Waals surface area (Å²) in [5.41, 5.74) is 1.59. The second-order valence-electron chi connectivity index (χ2n) is 5.81. The molecule has 4 rings (SSSR count). The Morgan fingerprint density at radius 1 is 1.44 bits per heavy atom. The molecular weight excluding hydrogens is 325 g/mol. The molecule has 25 heavy (non-hydrogen) atoms. The van der Waals surface area contributed by atoms with Gasteiger partial charge in [0.15, 0.2) is 0 Å². The fourth-order valence-electron chi connectivity index (χ4n) is 2.93. The van der Waals surface area contributed by atoms with Gasteiger partial charge >= 0.3 is 0 Å². The maximum Gasteiger partial charge on any atom is 0.233 e. The van der Waals surface area contributed by atoms with Crippen molar-refractivity contribution in [3.63, 3.8) is 0 Å². The van der Waals surface area contributed by atoms with Crippen molar-refractivity contribution in [2.75, 3.05) is 5.32 Å². The van der Waals surface area contributed by atoms with Gasteiger partial charge in [0.2, 0.25) is 17.6 Å². The number of nitrogens with zero attached hydrogens (tertiary/aromatic N) is 3. The van der Waals surface area contributed by atoms with Gasteiger partial charge in [-0.2, -0.15) is 0 Å². The highest BCUT2D eigenvalue weighted by Crippen LogP contribution is 2.32. The van der Waals surface area contributed by atoms with Gasteiger partial charge < -0.3 is 10.6 Å². The summed E-state index contributed by atoms with van der Waals surface area (Å²) in [4.78, 5) is 32.8. The molecule has 8 heteroatoms. The van der Waals surface area contributed by atoms with Crippen LogP contribution in [0.3, 0.4) is 0 Å². The number of halogens is 1. The van der Waals surface area contributed by atoms with E-state index in [-0.39, 0.29) is 24.8 Å². The summed E-state index contributed by atoms with van der Waals surface area (Å²) in [6.07, 6.45) is 5.20. The number of carbonyl (C=O) groups is 2. The van der Waals surface area contributed by atoms with Crippen molar-refractivity contribution in [2.45, 2.75) is 18.9 Å². The zero-order valence-electron chi connectivity index (χ0n) is 13.1. The monoisotopic (exact) mass is 339 g/mol. The van der Waals surface area contributed by atoms with E-state index < -0.39 is 11.7 Å². The fourth-order valence-corrected chi connectivity index (χ4v) is 2.93. The predicted octanol–water partition coefficient (Wildman–Crippen LogP) is 1.61. The predicted molar refractivity (Wildman–Crippen MR) is 87.2 cm³/mol. The summed E-state index contributed by atoms with van der Waals surface area (Å²) in [6.45, 7) is 0.199. The number of aromatic nitrogens is 3. The summed E-state index contributed by atoms with van der Waals surface area (Å²) in [7, 11) is 0. The number of rotatable bonds is 3. The normalized spacial score (nSPS) is 16.4. The molecule has 0 bridgehead atoms. The SMILES string of the molecule is O=C1CC(C(=O)NCc2cn3cccnc3n2)c2cc(F)ccc2N1. The number of benzene rings is 1. The Hall–Kier alpha value is -3.29. The topological polar surface area (TPSA) is 88.4 Å². The highest BCUT2D eigenvalue weighted by molar-refractivity contribution is 6.01. The van der Waals surface area contributed by atoms with Gasteiger partial charge in [-0.25, -0.2) is 14.4 Å².